The standard InChI is InChI=1S/C13H18N4O2.C2H6/c1-17-8-10(4-11(17)5-14)13(19)16-6-9-2-3-15-7-12(9)18;1-2/h2-3,10-11,15,18H,4,6-8H2,1H3,(H,16,19);1-2H3. The molecule has 0 radical (unpaired) electrons. The number of hydrogen-bond acceptors (Lipinski definition) is 5. The van der Waals surface area contributed by atoms with Crippen LogP contribution < -0.4 is 10.6 Å². The summed E-state index contributed by atoms with van der Waals surface area (Å²) in [6.07, 6.45) is 4.06. The van der Waals surface area contributed by atoms with Crippen LogP contribution in [-0.2, 0) is 4.79 Å². The summed E-state index contributed by atoms with van der Waals surface area (Å²) in [6.45, 7) is 5.32. The van der Waals surface area contributed by atoms with Gasteiger partial charge in [0.25, 0.3) is 0 Å². The van der Waals surface area contributed by atoms with Crippen LogP contribution in [0.1, 0.15) is 20.3 Å². The number of nitriles is 1. The van der Waals surface area contributed by atoms with Gasteiger partial charge in [-0.3, -0.25) is 9.69 Å². The first kappa shape index (κ1) is 17.1. The van der Waals surface area contributed by atoms with Gasteiger partial charge in [-0.05, 0) is 25.7 Å². The Kier molecular flexibility index (Phi) is 6.76. The molecule has 3 N–H and O–H groups in total. The fourth-order valence-corrected chi connectivity index (χ4v) is 2.35. The number of likely N-dealkylation sites (tertiary alicyclic amines) is 1. The maximum absolute atomic E-state index is 12.0. The van der Waals surface area contributed by atoms with E-state index in [1.807, 2.05) is 25.8 Å². The Bertz CT molecular complexity index is 465. The molecule has 0 bridgehead atoms. The minimum absolute atomic E-state index is 0.0585. The quantitative estimate of drug-likeness (QED) is 0.719. The van der Waals surface area contributed by atoms with E-state index in [1.165, 1.54) is 0 Å². The minimum atomic E-state index is -0.179. The van der Waals surface area contributed by atoms with Crippen molar-refractivity contribution < 1.29 is 9.90 Å². The topological polar surface area (TPSA) is 88.4 Å². The van der Waals surface area contributed by atoms with E-state index < -0.39 is 0 Å². The highest BCUT2D eigenvalue weighted by molar-refractivity contribution is 5.79. The SMILES string of the molecule is CC.CN1CC(C(=O)NCC2=C(O)CNC=C2)CC1C#N. The lowest BCUT2D eigenvalue weighted by Crippen LogP contribution is -2.34. The predicted octanol–water partition coefficient (Wildman–Crippen LogP) is 0.902. The van der Waals surface area contributed by atoms with Crippen molar-refractivity contribution in [3.8, 4) is 6.07 Å². The average molecular weight is 292 g/mol. The Morgan fingerprint density at radius 3 is 2.90 bits per heavy atom. The Morgan fingerprint density at radius 1 is 1.62 bits per heavy atom. The molecule has 2 aliphatic heterocycles. The van der Waals surface area contributed by atoms with Crippen LogP contribution in [0.3, 0.4) is 0 Å². The van der Waals surface area contributed by atoms with Crippen molar-refractivity contribution in [3.63, 3.8) is 0 Å². The Labute approximate surface area is 126 Å². The summed E-state index contributed by atoms with van der Waals surface area (Å²) in [7, 11) is 1.85. The summed E-state index contributed by atoms with van der Waals surface area (Å²) >= 11 is 0. The van der Waals surface area contributed by atoms with Gasteiger partial charge in [-0.1, -0.05) is 13.8 Å². The fourth-order valence-electron chi connectivity index (χ4n) is 2.35. The lowest BCUT2D eigenvalue weighted by atomic mass is 10.1. The van der Waals surface area contributed by atoms with Crippen molar-refractivity contribution in [1.29, 1.82) is 5.26 Å². The number of aliphatic hydroxyl groups is 1. The van der Waals surface area contributed by atoms with E-state index in [0.717, 1.165) is 5.57 Å². The molecule has 116 valence electrons. The number of amides is 1. The van der Waals surface area contributed by atoms with Crippen LogP contribution in [0.4, 0.5) is 0 Å². The first-order valence-electron chi connectivity index (χ1n) is 7.30. The van der Waals surface area contributed by atoms with E-state index in [2.05, 4.69) is 16.7 Å². The van der Waals surface area contributed by atoms with Crippen LogP contribution in [0.5, 0.6) is 0 Å². The van der Waals surface area contributed by atoms with Crippen LogP contribution in [0.2, 0.25) is 0 Å². The third kappa shape index (κ3) is 4.50. The Hall–Kier alpha value is -2.00. The molecule has 21 heavy (non-hydrogen) atoms. The molecule has 6 nitrogen and oxygen atoms in total. The van der Waals surface area contributed by atoms with Crippen molar-refractivity contribution in [3.05, 3.63) is 23.6 Å². The summed E-state index contributed by atoms with van der Waals surface area (Å²) in [5.74, 6) is 0.0427. The van der Waals surface area contributed by atoms with Gasteiger partial charge in [0.15, 0.2) is 0 Å². The molecule has 1 saturated heterocycles. The van der Waals surface area contributed by atoms with Crippen molar-refractivity contribution in [1.82, 2.24) is 15.5 Å². The molecule has 0 spiro atoms. The largest absolute Gasteiger partial charge is 0.510 e. The second-order valence-corrected chi connectivity index (χ2v) is 4.92. The molecular formula is C15H24N4O2. The fraction of sp³-hybridized carbons (Fsp3) is 0.600. The zero-order valence-electron chi connectivity index (χ0n) is 12.9. The summed E-state index contributed by atoms with van der Waals surface area (Å²) in [6, 6.07) is 2.01. The molecule has 2 atom stereocenters. The smallest absolute Gasteiger partial charge is 0.224 e. The third-order valence-corrected chi connectivity index (χ3v) is 3.56. The highest BCUT2D eigenvalue weighted by Crippen LogP contribution is 2.21. The molecule has 0 aromatic carbocycles. The highest BCUT2D eigenvalue weighted by Gasteiger charge is 2.33. The number of hydrogen-bond donors (Lipinski definition) is 3. The minimum Gasteiger partial charge on any atom is -0.510 e. The first-order chi connectivity index (χ1) is 10.1. The van der Waals surface area contributed by atoms with E-state index in [-0.39, 0.29) is 23.6 Å². The molecule has 2 unspecified atom stereocenters. The number of carbonyl (C=O) groups is 1. The van der Waals surface area contributed by atoms with E-state index >= 15 is 0 Å². The number of nitrogens with zero attached hydrogens (tertiary/aromatic N) is 2. The van der Waals surface area contributed by atoms with Crippen molar-refractivity contribution in [2.24, 2.45) is 5.92 Å². The van der Waals surface area contributed by atoms with Gasteiger partial charge < -0.3 is 15.7 Å². The third-order valence-electron chi connectivity index (χ3n) is 3.56. The summed E-state index contributed by atoms with van der Waals surface area (Å²) in [4.78, 5) is 13.9. The number of rotatable bonds is 3. The summed E-state index contributed by atoms with van der Waals surface area (Å²) in [5, 5.41) is 24.3. The zero-order chi connectivity index (χ0) is 15.8. The average Bonchev–Trinajstić information content (AvgIpc) is 2.89. The molecular weight excluding hydrogens is 268 g/mol. The number of dihydropyridines is 1. The Balaban J connectivity index is 0.00000106. The van der Waals surface area contributed by atoms with Gasteiger partial charge in [0, 0.05) is 18.7 Å². The van der Waals surface area contributed by atoms with Gasteiger partial charge in [-0.15, -0.1) is 0 Å². The predicted molar refractivity (Wildman–Crippen MR) is 81.3 cm³/mol. The highest BCUT2D eigenvalue weighted by atomic mass is 16.3. The second kappa shape index (κ2) is 8.32. The second-order valence-electron chi connectivity index (χ2n) is 4.92. The van der Waals surface area contributed by atoms with E-state index in [4.69, 9.17) is 5.26 Å². The summed E-state index contributed by atoms with van der Waals surface area (Å²) < 4.78 is 0. The lowest BCUT2D eigenvalue weighted by molar-refractivity contribution is -0.124. The van der Waals surface area contributed by atoms with Gasteiger partial charge >= 0.3 is 0 Å². The van der Waals surface area contributed by atoms with Gasteiger partial charge in [-0.2, -0.15) is 5.26 Å². The zero-order valence-corrected chi connectivity index (χ0v) is 12.9. The number of aliphatic hydroxyl groups excluding tert-OH is 1. The van der Waals surface area contributed by atoms with E-state index in [1.54, 1.807) is 12.3 Å². The maximum atomic E-state index is 12.0. The molecule has 2 aliphatic rings. The molecule has 0 aliphatic carbocycles. The molecule has 2 rings (SSSR count). The summed E-state index contributed by atoms with van der Waals surface area (Å²) in [5.41, 5.74) is 0.718. The van der Waals surface area contributed by atoms with Gasteiger partial charge in [0.1, 0.15) is 5.76 Å². The molecule has 2 heterocycles. The van der Waals surface area contributed by atoms with Gasteiger partial charge in [0.05, 0.1) is 24.6 Å². The monoisotopic (exact) mass is 292 g/mol. The van der Waals surface area contributed by atoms with Crippen LogP contribution in [0, 0.1) is 17.2 Å². The normalized spacial score (nSPS) is 24.7. The number of carbonyl (C=O) groups excluding carboxylic acids is 1. The van der Waals surface area contributed by atoms with E-state index in [0.29, 0.717) is 26.1 Å². The van der Waals surface area contributed by atoms with Crippen LogP contribution in [0.25, 0.3) is 0 Å². The molecule has 1 fully saturated rings. The maximum Gasteiger partial charge on any atom is 0.224 e. The van der Waals surface area contributed by atoms with Crippen molar-refractivity contribution >= 4 is 5.91 Å². The molecule has 1 amide bonds. The molecule has 0 aromatic heterocycles. The van der Waals surface area contributed by atoms with Crippen LogP contribution in [-0.4, -0.2) is 48.6 Å². The van der Waals surface area contributed by atoms with Crippen molar-refractivity contribution in [2.75, 3.05) is 26.7 Å². The molecule has 0 aromatic rings. The Morgan fingerprint density at radius 2 is 2.33 bits per heavy atom. The first-order valence-corrected chi connectivity index (χ1v) is 7.30. The molecule has 0 saturated carbocycles. The van der Waals surface area contributed by atoms with Crippen molar-refractivity contribution in [2.45, 2.75) is 26.3 Å². The number of nitrogens with one attached hydrogen (secondary N) is 2. The lowest BCUT2D eigenvalue weighted by Gasteiger charge is -2.15. The van der Waals surface area contributed by atoms with Crippen LogP contribution in [0.15, 0.2) is 23.6 Å². The van der Waals surface area contributed by atoms with Gasteiger partial charge in [-0.25, -0.2) is 0 Å². The van der Waals surface area contributed by atoms with E-state index in [9.17, 15) is 9.90 Å². The van der Waals surface area contributed by atoms with Crippen LogP contribution >= 0.6 is 0 Å². The molecule has 6 heteroatoms. The van der Waals surface area contributed by atoms with Gasteiger partial charge in [0.2, 0.25) is 5.91 Å².